The van der Waals surface area contributed by atoms with E-state index in [1.54, 1.807) is 44.3 Å². The summed E-state index contributed by atoms with van der Waals surface area (Å²) in [5.74, 6) is -1.46. The van der Waals surface area contributed by atoms with Gasteiger partial charge in [-0.05, 0) is 62.8 Å². The molecule has 0 unspecified atom stereocenters. The molecule has 3 aromatic rings. The van der Waals surface area contributed by atoms with Crippen LogP contribution in [0.5, 0.6) is 0 Å². The SMILES string of the molecule is CC(=O)C(C)(C)c1c[nH]c2cc(F)c(-c3ccc(C4(O)CCC4)cc3)c(F)c12. The Hall–Kier alpha value is -2.53. The van der Waals surface area contributed by atoms with E-state index in [2.05, 4.69) is 4.98 Å². The van der Waals surface area contributed by atoms with E-state index >= 15 is 4.39 Å². The van der Waals surface area contributed by atoms with Gasteiger partial charge in [0, 0.05) is 11.6 Å². The lowest BCUT2D eigenvalue weighted by Gasteiger charge is -2.37. The number of H-pyrrole nitrogens is 1. The number of fused-ring (bicyclic) bond motifs is 1. The zero-order valence-corrected chi connectivity index (χ0v) is 16.2. The summed E-state index contributed by atoms with van der Waals surface area (Å²) >= 11 is 0. The molecule has 2 aromatic carbocycles. The summed E-state index contributed by atoms with van der Waals surface area (Å²) in [6, 6.07) is 8.01. The van der Waals surface area contributed by atoms with Crippen LogP contribution in [0.15, 0.2) is 36.5 Å². The smallest absolute Gasteiger partial charge is 0.143 e. The molecule has 1 aliphatic carbocycles. The van der Waals surface area contributed by atoms with Gasteiger partial charge in [0.05, 0.1) is 22.1 Å². The van der Waals surface area contributed by atoms with Crippen LogP contribution in [0, 0.1) is 11.6 Å². The second-order valence-corrected chi connectivity index (χ2v) is 8.32. The van der Waals surface area contributed by atoms with Crippen molar-refractivity contribution in [3.8, 4) is 11.1 Å². The minimum atomic E-state index is -0.897. The number of hydrogen-bond donors (Lipinski definition) is 2. The number of hydrogen-bond acceptors (Lipinski definition) is 2. The van der Waals surface area contributed by atoms with Crippen LogP contribution in [0.3, 0.4) is 0 Å². The fraction of sp³-hybridized carbons (Fsp3) is 0.348. The van der Waals surface area contributed by atoms with Gasteiger partial charge in [-0.2, -0.15) is 0 Å². The second-order valence-electron chi connectivity index (χ2n) is 8.32. The van der Waals surface area contributed by atoms with Gasteiger partial charge in [-0.3, -0.25) is 4.79 Å². The van der Waals surface area contributed by atoms with E-state index in [-0.39, 0.29) is 16.7 Å². The van der Waals surface area contributed by atoms with Gasteiger partial charge < -0.3 is 10.1 Å². The average Bonchev–Trinajstić information content (AvgIpc) is 3.05. The zero-order valence-electron chi connectivity index (χ0n) is 16.2. The summed E-state index contributed by atoms with van der Waals surface area (Å²) in [6.45, 7) is 4.92. The lowest BCUT2D eigenvalue weighted by molar-refractivity contribution is -0.121. The fourth-order valence-electron chi connectivity index (χ4n) is 3.91. The molecule has 0 atom stereocenters. The third-order valence-electron chi connectivity index (χ3n) is 6.30. The van der Waals surface area contributed by atoms with E-state index in [9.17, 15) is 14.3 Å². The van der Waals surface area contributed by atoms with Crippen LogP contribution in [-0.2, 0) is 15.8 Å². The topological polar surface area (TPSA) is 53.1 Å². The third kappa shape index (κ3) is 2.68. The first-order chi connectivity index (χ1) is 13.1. The first-order valence-electron chi connectivity index (χ1n) is 9.49. The van der Waals surface area contributed by atoms with Gasteiger partial charge in [0.2, 0.25) is 0 Å². The van der Waals surface area contributed by atoms with E-state index in [1.807, 2.05) is 0 Å². The molecule has 146 valence electrons. The Morgan fingerprint density at radius 1 is 1.18 bits per heavy atom. The Bertz CT molecular complexity index is 1080. The normalized spacial score (nSPS) is 16.2. The maximum atomic E-state index is 15.5. The van der Waals surface area contributed by atoms with Crippen LogP contribution in [0.1, 0.15) is 51.2 Å². The van der Waals surface area contributed by atoms with Gasteiger partial charge in [0.1, 0.15) is 17.4 Å². The number of halogens is 2. The van der Waals surface area contributed by atoms with E-state index < -0.39 is 22.7 Å². The standard InChI is InChI=1S/C23H23F2NO2/c1-13(27)22(2,3)16-12-26-18-11-17(24)19(21(25)20(16)18)14-5-7-15(8-6-14)23(28)9-4-10-23/h5-8,11-12,26,28H,4,9-10H2,1-3H3. The van der Waals surface area contributed by atoms with Crippen molar-refractivity contribution < 1.29 is 18.7 Å². The minimum Gasteiger partial charge on any atom is -0.385 e. The minimum absolute atomic E-state index is 0.100. The number of nitrogens with one attached hydrogen (secondary N) is 1. The fourth-order valence-corrected chi connectivity index (χ4v) is 3.91. The van der Waals surface area contributed by atoms with Crippen LogP contribution in [-0.4, -0.2) is 15.9 Å². The monoisotopic (exact) mass is 383 g/mol. The zero-order chi connectivity index (χ0) is 20.3. The van der Waals surface area contributed by atoms with Crippen molar-refractivity contribution >= 4 is 16.7 Å². The van der Waals surface area contributed by atoms with Crippen LogP contribution in [0.2, 0.25) is 0 Å². The maximum Gasteiger partial charge on any atom is 0.143 e. The number of carbonyl (C=O) groups is 1. The summed E-state index contributed by atoms with van der Waals surface area (Å²) in [5, 5.41) is 10.7. The van der Waals surface area contributed by atoms with E-state index in [0.29, 0.717) is 29.5 Å². The first kappa shape index (κ1) is 18.8. The molecule has 2 N–H and O–H groups in total. The van der Waals surface area contributed by atoms with Crippen molar-refractivity contribution in [1.82, 2.24) is 4.98 Å². The molecule has 3 nitrogen and oxygen atoms in total. The highest BCUT2D eigenvalue weighted by Gasteiger charge is 2.36. The quantitative estimate of drug-likeness (QED) is 0.638. The van der Waals surface area contributed by atoms with Crippen molar-refractivity contribution in [2.24, 2.45) is 0 Å². The van der Waals surface area contributed by atoms with Crippen LogP contribution >= 0.6 is 0 Å². The molecular formula is C23H23F2NO2. The number of aromatic nitrogens is 1. The van der Waals surface area contributed by atoms with Gasteiger partial charge in [-0.1, -0.05) is 24.3 Å². The number of aliphatic hydroxyl groups is 1. The molecule has 1 heterocycles. The molecule has 0 bridgehead atoms. The Morgan fingerprint density at radius 3 is 2.36 bits per heavy atom. The largest absolute Gasteiger partial charge is 0.385 e. The molecule has 28 heavy (non-hydrogen) atoms. The highest BCUT2D eigenvalue weighted by atomic mass is 19.1. The number of benzene rings is 2. The lowest BCUT2D eigenvalue weighted by Crippen LogP contribution is -2.33. The Morgan fingerprint density at radius 2 is 1.82 bits per heavy atom. The van der Waals surface area contributed by atoms with Crippen LogP contribution < -0.4 is 0 Å². The molecule has 0 saturated heterocycles. The molecular weight excluding hydrogens is 360 g/mol. The molecule has 1 fully saturated rings. The van der Waals surface area contributed by atoms with Gasteiger partial charge >= 0.3 is 0 Å². The molecule has 1 aromatic heterocycles. The number of aromatic amines is 1. The Balaban J connectivity index is 1.87. The van der Waals surface area contributed by atoms with Crippen molar-refractivity contribution in [1.29, 1.82) is 0 Å². The molecule has 1 aliphatic rings. The molecule has 0 radical (unpaired) electrons. The van der Waals surface area contributed by atoms with E-state index in [4.69, 9.17) is 0 Å². The highest BCUT2D eigenvalue weighted by Crippen LogP contribution is 2.42. The highest BCUT2D eigenvalue weighted by molar-refractivity contribution is 5.96. The van der Waals surface area contributed by atoms with Crippen molar-refractivity contribution in [2.75, 3.05) is 0 Å². The van der Waals surface area contributed by atoms with E-state index in [0.717, 1.165) is 12.0 Å². The van der Waals surface area contributed by atoms with Gasteiger partial charge in [-0.25, -0.2) is 8.78 Å². The lowest BCUT2D eigenvalue weighted by atomic mass is 9.75. The Kier molecular flexibility index (Phi) is 4.19. The summed E-state index contributed by atoms with van der Waals surface area (Å²) in [6.07, 6.45) is 3.95. The predicted molar refractivity (Wildman–Crippen MR) is 105 cm³/mol. The summed E-state index contributed by atoms with van der Waals surface area (Å²) in [5.41, 5.74) is 0.156. The number of Topliss-reactive ketones (excluding diaryl/α,β-unsaturated/α-hetero) is 1. The van der Waals surface area contributed by atoms with Gasteiger partial charge in [0.15, 0.2) is 0 Å². The molecule has 4 rings (SSSR count). The Labute approximate surface area is 162 Å². The predicted octanol–water partition coefficient (Wildman–Crippen LogP) is 5.35. The number of rotatable bonds is 4. The van der Waals surface area contributed by atoms with Crippen LogP contribution in [0.4, 0.5) is 8.78 Å². The molecule has 5 heteroatoms. The summed E-state index contributed by atoms with van der Waals surface area (Å²) < 4.78 is 30.3. The molecule has 0 amide bonds. The van der Waals surface area contributed by atoms with Crippen LogP contribution in [0.25, 0.3) is 22.0 Å². The summed E-state index contributed by atoms with van der Waals surface area (Å²) in [4.78, 5) is 15.0. The van der Waals surface area contributed by atoms with Gasteiger partial charge in [0.25, 0.3) is 0 Å². The van der Waals surface area contributed by atoms with Gasteiger partial charge in [-0.15, -0.1) is 0 Å². The van der Waals surface area contributed by atoms with E-state index in [1.165, 1.54) is 13.0 Å². The summed E-state index contributed by atoms with van der Waals surface area (Å²) in [7, 11) is 0. The molecule has 0 spiro atoms. The first-order valence-corrected chi connectivity index (χ1v) is 9.49. The molecule has 0 aliphatic heterocycles. The number of ketones is 1. The van der Waals surface area contributed by atoms with Crippen molar-refractivity contribution in [2.45, 2.75) is 51.0 Å². The maximum absolute atomic E-state index is 15.5. The average molecular weight is 383 g/mol. The second kappa shape index (κ2) is 6.24. The third-order valence-corrected chi connectivity index (χ3v) is 6.30. The molecule has 1 saturated carbocycles. The number of carbonyl (C=O) groups excluding carboxylic acids is 1. The van der Waals surface area contributed by atoms with Crippen molar-refractivity contribution in [3.63, 3.8) is 0 Å². The van der Waals surface area contributed by atoms with Crippen molar-refractivity contribution in [3.05, 3.63) is 59.3 Å².